The van der Waals surface area contributed by atoms with Crippen molar-refractivity contribution in [1.82, 2.24) is 9.80 Å². The van der Waals surface area contributed by atoms with Gasteiger partial charge in [0.25, 0.3) is 5.91 Å². The molecule has 8 heteroatoms. The zero-order valence-corrected chi connectivity index (χ0v) is 17.6. The molecule has 2 saturated heterocycles. The molecular weight excluding hydrogens is 425 g/mol. The molecule has 0 atom stereocenters. The van der Waals surface area contributed by atoms with E-state index in [1.807, 2.05) is 12.1 Å². The van der Waals surface area contributed by atoms with Crippen LogP contribution in [0.25, 0.3) is 0 Å². The third kappa shape index (κ3) is 4.09. The van der Waals surface area contributed by atoms with Crippen LogP contribution in [-0.4, -0.2) is 47.0 Å². The van der Waals surface area contributed by atoms with Gasteiger partial charge in [-0.05, 0) is 35.9 Å². The lowest BCUT2D eigenvalue weighted by Crippen LogP contribution is -2.48. The number of nitriles is 1. The Balaban J connectivity index is 1.38. The Labute approximate surface area is 184 Å². The maximum Gasteiger partial charge on any atom is 0.410 e. The van der Waals surface area contributed by atoms with E-state index >= 15 is 0 Å². The zero-order valence-electron chi connectivity index (χ0n) is 16.1. The van der Waals surface area contributed by atoms with E-state index in [1.165, 1.54) is 0 Å². The number of hydrogen-bond acceptors (Lipinski definition) is 4. The van der Waals surface area contributed by atoms with Crippen LogP contribution in [-0.2, 0) is 11.3 Å². The van der Waals surface area contributed by atoms with E-state index in [0.29, 0.717) is 60.2 Å². The lowest BCUT2D eigenvalue weighted by molar-refractivity contribution is 0.00313. The predicted molar refractivity (Wildman–Crippen MR) is 112 cm³/mol. The molecule has 0 aromatic heterocycles. The average Bonchev–Trinajstić information content (AvgIpc) is 3.05. The fourth-order valence-corrected chi connectivity index (χ4v) is 4.21. The predicted octanol–water partition coefficient (Wildman–Crippen LogP) is 4.49. The molecule has 2 aliphatic rings. The number of ether oxygens (including phenoxy) is 1. The molecule has 4 rings (SSSR count). The van der Waals surface area contributed by atoms with Gasteiger partial charge in [-0.15, -0.1) is 0 Å². The van der Waals surface area contributed by atoms with E-state index in [-0.39, 0.29) is 12.0 Å². The van der Waals surface area contributed by atoms with Crippen molar-refractivity contribution in [3.8, 4) is 6.07 Å². The van der Waals surface area contributed by atoms with Gasteiger partial charge in [-0.25, -0.2) is 4.79 Å². The first kappa shape index (κ1) is 20.5. The minimum Gasteiger partial charge on any atom is -0.441 e. The molecule has 2 aromatic rings. The molecule has 2 aliphatic heterocycles. The van der Waals surface area contributed by atoms with Crippen molar-refractivity contribution in [2.75, 3.05) is 19.6 Å². The first-order chi connectivity index (χ1) is 14.4. The summed E-state index contributed by atoms with van der Waals surface area (Å²) in [6, 6.07) is 14.1. The summed E-state index contributed by atoms with van der Waals surface area (Å²) in [5.41, 5.74) is 1.44. The second-order valence-electron chi connectivity index (χ2n) is 7.64. The van der Waals surface area contributed by atoms with E-state index in [1.54, 1.807) is 40.1 Å². The van der Waals surface area contributed by atoms with Crippen LogP contribution in [0.2, 0.25) is 10.0 Å². The standard InChI is InChI=1S/C22H19Cl2N3O3/c23-18-6-5-17(11-19(18)24)20(28)26-9-7-22(8-10-26)14-27(21(29)30-22)13-16-3-1-15(12-25)2-4-16/h1-6,11H,7-10,13-14H2. The van der Waals surface area contributed by atoms with E-state index in [9.17, 15) is 9.59 Å². The minimum absolute atomic E-state index is 0.109. The van der Waals surface area contributed by atoms with Gasteiger partial charge in [-0.3, -0.25) is 9.69 Å². The molecule has 6 nitrogen and oxygen atoms in total. The molecule has 0 radical (unpaired) electrons. The molecule has 30 heavy (non-hydrogen) atoms. The van der Waals surface area contributed by atoms with Gasteiger partial charge in [0.05, 0.1) is 28.2 Å². The van der Waals surface area contributed by atoms with Crippen LogP contribution in [0.15, 0.2) is 42.5 Å². The van der Waals surface area contributed by atoms with Crippen molar-refractivity contribution in [2.24, 2.45) is 0 Å². The van der Waals surface area contributed by atoms with Crippen molar-refractivity contribution < 1.29 is 14.3 Å². The molecule has 154 valence electrons. The summed E-state index contributed by atoms with van der Waals surface area (Å²) in [6.45, 7) is 1.91. The summed E-state index contributed by atoms with van der Waals surface area (Å²) in [7, 11) is 0. The van der Waals surface area contributed by atoms with Crippen molar-refractivity contribution in [1.29, 1.82) is 5.26 Å². The zero-order chi connectivity index (χ0) is 21.3. The Bertz CT molecular complexity index is 1020. The van der Waals surface area contributed by atoms with Crippen molar-refractivity contribution >= 4 is 35.2 Å². The molecule has 2 aromatic carbocycles. The number of halogens is 2. The van der Waals surface area contributed by atoms with Crippen LogP contribution in [0, 0.1) is 11.3 Å². The van der Waals surface area contributed by atoms with Gasteiger partial charge in [0, 0.05) is 38.0 Å². The van der Waals surface area contributed by atoms with E-state index in [0.717, 1.165) is 5.56 Å². The van der Waals surface area contributed by atoms with E-state index in [2.05, 4.69) is 6.07 Å². The Morgan fingerprint density at radius 1 is 1.10 bits per heavy atom. The van der Waals surface area contributed by atoms with Crippen molar-refractivity contribution in [2.45, 2.75) is 25.0 Å². The summed E-state index contributed by atoms with van der Waals surface area (Å²) in [5, 5.41) is 9.66. The van der Waals surface area contributed by atoms with Gasteiger partial charge < -0.3 is 9.64 Å². The van der Waals surface area contributed by atoms with Gasteiger partial charge in [0.15, 0.2) is 0 Å². The minimum atomic E-state index is -0.571. The molecule has 0 aliphatic carbocycles. The summed E-state index contributed by atoms with van der Waals surface area (Å²) < 4.78 is 5.75. The number of rotatable bonds is 3. The molecule has 1 spiro atoms. The highest BCUT2D eigenvalue weighted by atomic mass is 35.5. The summed E-state index contributed by atoms with van der Waals surface area (Å²) in [4.78, 5) is 28.6. The maximum atomic E-state index is 12.8. The van der Waals surface area contributed by atoms with Gasteiger partial charge in [-0.1, -0.05) is 35.3 Å². The molecule has 0 bridgehead atoms. The largest absolute Gasteiger partial charge is 0.441 e. The topological polar surface area (TPSA) is 73.6 Å². The van der Waals surface area contributed by atoms with Crippen LogP contribution in [0.5, 0.6) is 0 Å². The Morgan fingerprint density at radius 3 is 2.43 bits per heavy atom. The number of carbonyl (C=O) groups is 2. The van der Waals surface area contributed by atoms with E-state index in [4.69, 9.17) is 33.2 Å². The van der Waals surface area contributed by atoms with E-state index < -0.39 is 5.60 Å². The second-order valence-corrected chi connectivity index (χ2v) is 8.45. The Kier molecular flexibility index (Phi) is 5.59. The van der Waals surface area contributed by atoms with Crippen LogP contribution in [0.4, 0.5) is 4.79 Å². The molecule has 2 amide bonds. The monoisotopic (exact) mass is 443 g/mol. The normalized spacial score (nSPS) is 17.7. The van der Waals surface area contributed by atoms with Crippen LogP contribution >= 0.6 is 23.2 Å². The summed E-state index contributed by atoms with van der Waals surface area (Å²) >= 11 is 12.0. The van der Waals surface area contributed by atoms with Crippen LogP contribution < -0.4 is 0 Å². The average molecular weight is 444 g/mol. The first-order valence-electron chi connectivity index (χ1n) is 9.60. The maximum absolute atomic E-state index is 12.8. The quantitative estimate of drug-likeness (QED) is 0.699. The number of likely N-dealkylation sites (tertiary alicyclic amines) is 1. The molecular formula is C22H19Cl2N3O3. The molecule has 2 heterocycles. The van der Waals surface area contributed by atoms with Crippen LogP contribution in [0.1, 0.15) is 34.3 Å². The lowest BCUT2D eigenvalue weighted by atomic mass is 9.91. The lowest BCUT2D eigenvalue weighted by Gasteiger charge is -2.37. The Morgan fingerprint density at radius 2 is 1.80 bits per heavy atom. The SMILES string of the molecule is N#Cc1ccc(CN2CC3(CCN(C(=O)c4ccc(Cl)c(Cl)c4)CC3)OC2=O)cc1. The number of amides is 2. The fraction of sp³-hybridized carbons (Fsp3) is 0.318. The smallest absolute Gasteiger partial charge is 0.410 e. The Hall–Kier alpha value is -2.75. The highest BCUT2D eigenvalue weighted by molar-refractivity contribution is 6.42. The molecule has 0 unspecified atom stereocenters. The summed E-state index contributed by atoms with van der Waals surface area (Å²) in [5.74, 6) is -0.109. The number of hydrogen-bond donors (Lipinski definition) is 0. The highest BCUT2D eigenvalue weighted by Crippen LogP contribution is 2.34. The van der Waals surface area contributed by atoms with Gasteiger partial charge >= 0.3 is 6.09 Å². The first-order valence-corrected chi connectivity index (χ1v) is 10.4. The van der Waals surface area contributed by atoms with Crippen LogP contribution in [0.3, 0.4) is 0 Å². The molecule has 0 N–H and O–H groups in total. The molecule has 2 fully saturated rings. The second kappa shape index (κ2) is 8.17. The molecule has 0 saturated carbocycles. The number of nitrogens with zero attached hydrogens (tertiary/aromatic N) is 3. The van der Waals surface area contributed by atoms with Gasteiger partial charge in [0.1, 0.15) is 5.60 Å². The fourth-order valence-electron chi connectivity index (χ4n) is 3.91. The third-order valence-corrected chi connectivity index (χ3v) is 6.36. The highest BCUT2D eigenvalue weighted by Gasteiger charge is 2.47. The van der Waals surface area contributed by atoms with Gasteiger partial charge in [-0.2, -0.15) is 5.26 Å². The summed E-state index contributed by atoms with van der Waals surface area (Å²) in [6.07, 6.45) is 0.814. The van der Waals surface area contributed by atoms with Crippen molar-refractivity contribution in [3.05, 3.63) is 69.2 Å². The number of benzene rings is 2. The number of carbonyl (C=O) groups excluding carboxylic acids is 2. The number of piperidine rings is 1. The van der Waals surface area contributed by atoms with Crippen molar-refractivity contribution in [3.63, 3.8) is 0 Å². The third-order valence-electron chi connectivity index (χ3n) is 5.63. The van der Waals surface area contributed by atoms with Gasteiger partial charge in [0.2, 0.25) is 0 Å².